The van der Waals surface area contributed by atoms with Crippen molar-refractivity contribution < 1.29 is 33.3 Å². The van der Waals surface area contributed by atoms with Crippen molar-refractivity contribution >= 4 is 29.6 Å². The second kappa shape index (κ2) is 16.3. The highest BCUT2D eigenvalue weighted by molar-refractivity contribution is 6.35. The summed E-state index contributed by atoms with van der Waals surface area (Å²) in [5.41, 5.74) is 5.56. The molecule has 3 rings (SSSR count). The van der Waals surface area contributed by atoms with Gasteiger partial charge in [0.2, 0.25) is 0 Å². The molecule has 0 fully saturated rings. The van der Waals surface area contributed by atoms with Crippen molar-refractivity contribution in [2.24, 2.45) is 5.10 Å². The molecule has 11 nitrogen and oxygen atoms in total. The number of carbonyl (C=O) groups is 3. The Morgan fingerprint density at radius 3 is 2.19 bits per heavy atom. The zero-order valence-electron chi connectivity index (χ0n) is 24.2. The number of benzene rings is 3. The summed E-state index contributed by atoms with van der Waals surface area (Å²) in [4.78, 5) is 36.6. The smallest absolute Gasteiger partial charge is 0.329 e. The zero-order valence-corrected chi connectivity index (χ0v) is 24.2. The van der Waals surface area contributed by atoms with E-state index in [2.05, 4.69) is 28.1 Å². The van der Waals surface area contributed by atoms with Crippen molar-refractivity contribution in [3.8, 4) is 23.0 Å². The average molecular weight is 577 g/mol. The van der Waals surface area contributed by atoms with E-state index in [1.54, 1.807) is 38.5 Å². The number of nitrogens with zero attached hydrogens (tertiary/aromatic N) is 1. The Morgan fingerprint density at radius 2 is 1.50 bits per heavy atom. The number of ether oxygens (including phenoxy) is 4. The molecule has 0 unspecified atom stereocenters. The van der Waals surface area contributed by atoms with Crippen LogP contribution in [0.25, 0.3) is 0 Å². The second-order valence-electron chi connectivity index (χ2n) is 8.92. The Hall–Kier alpha value is -5.06. The van der Waals surface area contributed by atoms with Gasteiger partial charge in [0, 0.05) is 12.2 Å². The number of carbonyl (C=O) groups excluding carboxylic acids is 3. The Labute approximate surface area is 245 Å². The molecule has 0 heterocycles. The fraction of sp³-hybridized carbons (Fsp3) is 0.290. The molecular formula is C31H36N4O7. The highest BCUT2D eigenvalue weighted by Crippen LogP contribution is 2.29. The van der Waals surface area contributed by atoms with Crippen LogP contribution in [-0.2, 0) is 27.2 Å². The average Bonchev–Trinajstić information content (AvgIpc) is 3.01. The zero-order chi connectivity index (χ0) is 30.3. The van der Waals surface area contributed by atoms with E-state index >= 15 is 0 Å². The molecule has 0 saturated heterocycles. The lowest BCUT2D eigenvalue weighted by Crippen LogP contribution is -2.38. The molecule has 0 aromatic heterocycles. The maximum Gasteiger partial charge on any atom is 0.329 e. The Bertz CT molecular complexity index is 1390. The Kier molecular flexibility index (Phi) is 12.2. The summed E-state index contributed by atoms with van der Waals surface area (Å²) in [6.45, 7) is 4.29. The molecular weight excluding hydrogens is 540 g/mol. The quantitative estimate of drug-likeness (QED) is 0.152. The van der Waals surface area contributed by atoms with Gasteiger partial charge in [-0.05, 0) is 78.9 Å². The van der Waals surface area contributed by atoms with Crippen LogP contribution in [0, 0.1) is 0 Å². The van der Waals surface area contributed by atoms with Gasteiger partial charge in [0.15, 0.2) is 29.6 Å². The number of hydrazone groups is 1. The first-order valence-corrected chi connectivity index (χ1v) is 13.5. The van der Waals surface area contributed by atoms with Crippen LogP contribution in [0.4, 0.5) is 5.69 Å². The summed E-state index contributed by atoms with van der Waals surface area (Å²) in [7, 11) is 3.10. The second-order valence-corrected chi connectivity index (χ2v) is 8.92. The summed E-state index contributed by atoms with van der Waals surface area (Å²) >= 11 is 0. The van der Waals surface area contributed by atoms with Crippen LogP contribution < -0.4 is 35.0 Å². The van der Waals surface area contributed by atoms with Gasteiger partial charge < -0.3 is 29.6 Å². The van der Waals surface area contributed by atoms with Crippen molar-refractivity contribution in [3.63, 3.8) is 0 Å². The first kappa shape index (κ1) is 31.5. The molecule has 0 radical (unpaired) electrons. The molecule has 0 bridgehead atoms. The number of aryl methyl sites for hydroxylation is 1. The van der Waals surface area contributed by atoms with Gasteiger partial charge in [-0.2, -0.15) is 5.10 Å². The molecule has 3 N–H and O–H groups in total. The topological polar surface area (TPSA) is 137 Å². The predicted octanol–water partition coefficient (Wildman–Crippen LogP) is 3.49. The van der Waals surface area contributed by atoms with Crippen LogP contribution in [-0.4, -0.2) is 57.9 Å². The number of hydrogen-bond donors (Lipinski definition) is 3. The van der Waals surface area contributed by atoms with Crippen LogP contribution in [0.15, 0.2) is 65.8 Å². The lowest BCUT2D eigenvalue weighted by atomic mass is 10.1. The van der Waals surface area contributed by atoms with Crippen LogP contribution >= 0.6 is 0 Å². The van der Waals surface area contributed by atoms with Gasteiger partial charge >= 0.3 is 11.8 Å². The minimum atomic E-state index is -0.904. The van der Waals surface area contributed by atoms with E-state index in [1.807, 2.05) is 43.3 Å². The lowest BCUT2D eigenvalue weighted by Gasteiger charge is -2.13. The molecule has 0 aliphatic rings. The van der Waals surface area contributed by atoms with Crippen LogP contribution in [0.2, 0.25) is 0 Å². The minimum absolute atomic E-state index is 0.208. The molecule has 11 heteroatoms. The van der Waals surface area contributed by atoms with Crippen LogP contribution in [0.5, 0.6) is 23.0 Å². The Morgan fingerprint density at radius 1 is 0.786 bits per heavy atom. The number of anilines is 1. The highest BCUT2D eigenvalue weighted by atomic mass is 16.5. The maximum atomic E-state index is 12.3. The summed E-state index contributed by atoms with van der Waals surface area (Å²) in [6.07, 6.45) is 2.78. The molecule has 0 aliphatic carbocycles. The third-order valence-corrected chi connectivity index (χ3v) is 6.01. The molecule has 0 aliphatic heterocycles. The summed E-state index contributed by atoms with van der Waals surface area (Å²) in [5.74, 6) is -0.0554. The van der Waals surface area contributed by atoms with Gasteiger partial charge in [-0.15, -0.1) is 0 Å². The molecule has 3 aromatic rings. The largest absolute Gasteiger partial charge is 0.493 e. The standard InChI is InChI=1S/C31H36N4O7/c1-5-21-7-11-24(12-8-21)34-29(36)20-42-26-14-10-23(18-28(26)41-6-2)19-33-35-31(38)30(37)32-16-15-22-9-13-25(39-3)27(17-22)40-4/h7-14,17-19H,5-6,15-16,20H2,1-4H3,(H,32,37)(H,34,36)(H,35,38)/b33-19-. The van der Waals surface area contributed by atoms with Gasteiger partial charge in [0.25, 0.3) is 5.91 Å². The van der Waals surface area contributed by atoms with E-state index in [0.717, 1.165) is 12.0 Å². The van der Waals surface area contributed by atoms with Crippen molar-refractivity contribution in [2.75, 3.05) is 39.3 Å². The number of rotatable bonds is 14. The first-order valence-electron chi connectivity index (χ1n) is 13.5. The van der Waals surface area contributed by atoms with Gasteiger partial charge in [0.1, 0.15) is 0 Å². The van der Waals surface area contributed by atoms with Crippen LogP contribution in [0.3, 0.4) is 0 Å². The van der Waals surface area contributed by atoms with E-state index < -0.39 is 11.8 Å². The molecule has 3 amide bonds. The summed E-state index contributed by atoms with van der Waals surface area (Å²) in [5, 5.41) is 9.21. The predicted molar refractivity (Wildman–Crippen MR) is 160 cm³/mol. The monoisotopic (exact) mass is 576 g/mol. The molecule has 0 saturated carbocycles. The van der Waals surface area contributed by atoms with Crippen molar-refractivity contribution in [3.05, 3.63) is 77.4 Å². The normalized spacial score (nSPS) is 10.6. The third kappa shape index (κ3) is 9.54. The van der Waals surface area contributed by atoms with Gasteiger partial charge in [-0.25, -0.2) is 5.43 Å². The minimum Gasteiger partial charge on any atom is -0.493 e. The SMILES string of the molecule is CCOc1cc(/C=N\NC(=O)C(=O)NCCc2ccc(OC)c(OC)c2)ccc1OCC(=O)Nc1ccc(CC)cc1. The molecule has 222 valence electrons. The van der Waals surface area contributed by atoms with E-state index in [9.17, 15) is 14.4 Å². The van der Waals surface area contributed by atoms with E-state index in [4.69, 9.17) is 18.9 Å². The van der Waals surface area contributed by atoms with Crippen LogP contribution in [0.1, 0.15) is 30.5 Å². The number of nitrogens with one attached hydrogen (secondary N) is 3. The lowest BCUT2D eigenvalue weighted by molar-refractivity contribution is -0.139. The van der Waals surface area contributed by atoms with E-state index in [1.165, 1.54) is 11.8 Å². The highest BCUT2D eigenvalue weighted by Gasteiger charge is 2.13. The van der Waals surface area contributed by atoms with E-state index in [-0.39, 0.29) is 19.1 Å². The Balaban J connectivity index is 1.48. The molecule has 0 atom stereocenters. The van der Waals surface area contributed by atoms with Crippen molar-refractivity contribution in [1.29, 1.82) is 0 Å². The van der Waals surface area contributed by atoms with Crippen molar-refractivity contribution in [2.45, 2.75) is 26.7 Å². The van der Waals surface area contributed by atoms with Gasteiger partial charge in [-0.1, -0.05) is 25.1 Å². The van der Waals surface area contributed by atoms with Crippen molar-refractivity contribution in [1.82, 2.24) is 10.7 Å². The maximum absolute atomic E-state index is 12.3. The van der Waals surface area contributed by atoms with Gasteiger partial charge in [0.05, 0.1) is 27.0 Å². The number of hydrogen-bond acceptors (Lipinski definition) is 8. The summed E-state index contributed by atoms with van der Waals surface area (Å²) in [6, 6.07) is 18.0. The third-order valence-electron chi connectivity index (χ3n) is 6.01. The van der Waals surface area contributed by atoms with E-state index in [0.29, 0.717) is 47.3 Å². The number of methoxy groups -OCH3 is 2. The molecule has 3 aromatic carbocycles. The summed E-state index contributed by atoms with van der Waals surface area (Å²) < 4.78 is 21.8. The first-order chi connectivity index (χ1) is 20.4. The fourth-order valence-corrected chi connectivity index (χ4v) is 3.81. The molecule has 42 heavy (non-hydrogen) atoms. The molecule has 0 spiro atoms. The van der Waals surface area contributed by atoms with Gasteiger partial charge in [-0.3, -0.25) is 14.4 Å². The fourth-order valence-electron chi connectivity index (χ4n) is 3.81. The number of amides is 3.